The van der Waals surface area contributed by atoms with E-state index in [4.69, 9.17) is 38.3 Å². The first-order valence-corrected chi connectivity index (χ1v) is 14.0. The highest BCUT2D eigenvalue weighted by Crippen LogP contribution is 2.10. The van der Waals surface area contributed by atoms with Crippen molar-refractivity contribution in [3.05, 3.63) is 0 Å². The lowest BCUT2D eigenvalue weighted by molar-refractivity contribution is -0.154. The van der Waals surface area contributed by atoms with Crippen LogP contribution in [-0.2, 0) is 38.0 Å². The Kier molecular flexibility index (Phi) is 29.7. The van der Waals surface area contributed by atoms with Crippen LogP contribution in [0.4, 0.5) is 0 Å². The van der Waals surface area contributed by atoms with Crippen molar-refractivity contribution in [3.63, 3.8) is 0 Å². The van der Waals surface area contributed by atoms with E-state index in [2.05, 4.69) is 6.92 Å². The maximum absolute atomic E-state index is 11.0. The van der Waals surface area contributed by atoms with Crippen LogP contribution in [0.2, 0.25) is 0 Å². The number of aliphatic hydroxyl groups is 1. The van der Waals surface area contributed by atoms with Gasteiger partial charge in [-0.3, -0.25) is 0 Å². The molecule has 0 rings (SSSR count). The summed E-state index contributed by atoms with van der Waals surface area (Å²) in [6.45, 7) is 10.0. The summed E-state index contributed by atoms with van der Waals surface area (Å²) in [5.41, 5.74) is 0. The minimum atomic E-state index is -1.11. The van der Waals surface area contributed by atoms with Gasteiger partial charge in [-0.15, -0.1) is 0 Å². The van der Waals surface area contributed by atoms with Gasteiger partial charge in [0, 0.05) is 6.61 Å². The van der Waals surface area contributed by atoms with E-state index in [0.717, 1.165) is 13.0 Å². The quantitative estimate of drug-likeness (QED) is 0.111. The number of aliphatic hydroxyl groups excluding tert-OH is 1. The molecule has 0 bridgehead atoms. The normalized spacial score (nSPS) is 12.2. The van der Waals surface area contributed by atoms with E-state index >= 15 is 0 Å². The first-order valence-electron chi connectivity index (χ1n) is 14.0. The highest BCUT2D eigenvalue weighted by Gasteiger charge is 2.08. The highest BCUT2D eigenvalue weighted by atomic mass is 16.6. The second kappa shape index (κ2) is 30.4. The summed E-state index contributed by atoms with van der Waals surface area (Å²) < 4.78 is 37.4. The average Bonchev–Trinajstić information content (AvgIpc) is 2.87. The second-order valence-electron chi connectivity index (χ2n) is 8.70. The van der Waals surface area contributed by atoms with E-state index in [9.17, 15) is 4.79 Å². The van der Waals surface area contributed by atoms with Crippen LogP contribution in [-0.4, -0.2) is 103 Å². The van der Waals surface area contributed by atoms with Gasteiger partial charge in [0.05, 0.1) is 72.7 Å². The maximum Gasteiger partial charge on any atom is 0.334 e. The molecule has 0 aromatic carbocycles. The molecule has 0 aliphatic heterocycles. The molecule has 1 N–H and O–H groups in total. The number of esters is 1. The van der Waals surface area contributed by atoms with Gasteiger partial charge in [-0.25, -0.2) is 4.79 Å². The molecule has 0 amide bonds. The molecule has 36 heavy (non-hydrogen) atoms. The lowest BCUT2D eigenvalue weighted by Crippen LogP contribution is -2.21. The van der Waals surface area contributed by atoms with Crippen LogP contribution in [0.15, 0.2) is 0 Å². The van der Waals surface area contributed by atoms with Crippen molar-refractivity contribution in [3.8, 4) is 0 Å². The summed E-state index contributed by atoms with van der Waals surface area (Å²) in [7, 11) is 0. The highest BCUT2D eigenvalue weighted by molar-refractivity contribution is 5.73. The molecule has 0 aromatic heterocycles. The van der Waals surface area contributed by atoms with Crippen LogP contribution in [0, 0.1) is 0 Å². The van der Waals surface area contributed by atoms with Crippen LogP contribution in [0.5, 0.6) is 0 Å². The van der Waals surface area contributed by atoms with Gasteiger partial charge in [0.1, 0.15) is 12.7 Å². The Morgan fingerprint density at radius 1 is 0.500 bits per heavy atom. The molecule has 0 aromatic rings. The number of carbonyl (C=O) groups excluding carboxylic acids is 1. The van der Waals surface area contributed by atoms with Crippen molar-refractivity contribution in [1.82, 2.24) is 0 Å². The van der Waals surface area contributed by atoms with Gasteiger partial charge in [-0.05, 0) is 13.3 Å². The molecule has 0 radical (unpaired) electrons. The molecule has 0 aliphatic rings. The minimum absolute atomic E-state index is 0.116. The predicted molar refractivity (Wildman–Crippen MR) is 139 cm³/mol. The van der Waals surface area contributed by atoms with Crippen molar-refractivity contribution in [2.45, 2.75) is 84.2 Å². The van der Waals surface area contributed by atoms with Crippen LogP contribution < -0.4 is 0 Å². The second-order valence-corrected chi connectivity index (χ2v) is 8.70. The fourth-order valence-electron chi connectivity index (χ4n) is 3.21. The Bertz CT molecular complexity index is 435. The van der Waals surface area contributed by atoms with Gasteiger partial charge in [-0.1, -0.05) is 64.7 Å². The molecule has 1 atom stereocenters. The molecule has 0 fully saturated rings. The van der Waals surface area contributed by atoms with Gasteiger partial charge >= 0.3 is 5.97 Å². The van der Waals surface area contributed by atoms with Crippen molar-refractivity contribution in [2.24, 2.45) is 0 Å². The number of hydrogen-bond donors (Lipinski definition) is 1. The van der Waals surface area contributed by atoms with Crippen LogP contribution in [0.3, 0.4) is 0 Å². The lowest BCUT2D eigenvalue weighted by atomic mass is 10.1. The van der Waals surface area contributed by atoms with Crippen molar-refractivity contribution < 1.29 is 43.1 Å². The SMILES string of the molecule is CCCCCCCCCCCCOCCOCCOCCOCCOCCOCCOC(=O)[C@H](C)O. The van der Waals surface area contributed by atoms with Crippen LogP contribution >= 0.6 is 0 Å². The molecule has 0 saturated heterocycles. The Morgan fingerprint density at radius 3 is 1.17 bits per heavy atom. The first kappa shape index (κ1) is 35.2. The Labute approximate surface area is 219 Å². The zero-order valence-corrected chi connectivity index (χ0v) is 23.1. The van der Waals surface area contributed by atoms with Crippen LogP contribution in [0.25, 0.3) is 0 Å². The summed E-state index contributed by atoms with van der Waals surface area (Å²) in [5, 5.41) is 8.96. The molecule has 0 unspecified atom stereocenters. The van der Waals surface area contributed by atoms with Gasteiger partial charge in [-0.2, -0.15) is 0 Å². The smallest absolute Gasteiger partial charge is 0.334 e. The molecule has 0 saturated carbocycles. The maximum atomic E-state index is 11.0. The summed E-state index contributed by atoms with van der Waals surface area (Å²) in [5.74, 6) is -0.650. The van der Waals surface area contributed by atoms with Gasteiger partial charge in [0.25, 0.3) is 0 Å². The third-order valence-electron chi connectivity index (χ3n) is 5.32. The molecular weight excluding hydrogens is 468 g/mol. The van der Waals surface area contributed by atoms with E-state index in [1.807, 2.05) is 0 Å². The van der Waals surface area contributed by atoms with Gasteiger partial charge in [0.2, 0.25) is 0 Å². The minimum Gasteiger partial charge on any atom is -0.461 e. The van der Waals surface area contributed by atoms with E-state index in [0.29, 0.717) is 66.1 Å². The third kappa shape index (κ3) is 29.4. The number of ether oxygens (including phenoxy) is 7. The zero-order valence-electron chi connectivity index (χ0n) is 23.1. The summed E-state index contributed by atoms with van der Waals surface area (Å²) in [6.07, 6.45) is 12.3. The monoisotopic (exact) mass is 522 g/mol. The number of rotatable bonds is 30. The summed E-state index contributed by atoms with van der Waals surface area (Å²) >= 11 is 0. The summed E-state index contributed by atoms with van der Waals surface area (Å²) in [4.78, 5) is 11.0. The first-order chi connectivity index (χ1) is 17.7. The number of unbranched alkanes of at least 4 members (excludes halogenated alkanes) is 9. The van der Waals surface area contributed by atoms with E-state index < -0.39 is 12.1 Å². The van der Waals surface area contributed by atoms with E-state index in [-0.39, 0.29) is 13.2 Å². The third-order valence-corrected chi connectivity index (χ3v) is 5.32. The van der Waals surface area contributed by atoms with Gasteiger partial charge < -0.3 is 38.3 Å². The predicted octanol–water partition coefficient (Wildman–Crippen LogP) is 3.93. The van der Waals surface area contributed by atoms with Gasteiger partial charge in [0.15, 0.2) is 0 Å². The van der Waals surface area contributed by atoms with Crippen molar-refractivity contribution in [1.29, 1.82) is 0 Å². The van der Waals surface area contributed by atoms with Crippen molar-refractivity contribution >= 4 is 5.97 Å². The number of hydrogen-bond acceptors (Lipinski definition) is 9. The molecular formula is C27H54O9. The van der Waals surface area contributed by atoms with Crippen LogP contribution in [0.1, 0.15) is 78.1 Å². The Balaban J connectivity index is 3.05. The fourth-order valence-corrected chi connectivity index (χ4v) is 3.21. The zero-order chi connectivity index (χ0) is 26.4. The number of carbonyl (C=O) groups is 1. The molecule has 9 heteroatoms. The van der Waals surface area contributed by atoms with E-state index in [1.165, 1.54) is 64.7 Å². The Hall–Kier alpha value is -0.810. The molecule has 0 spiro atoms. The standard InChI is InChI=1S/C27H54O9/c1-3-4-5-6-7-8-9-10-11-12-13-30-14-15-31-16-17-32-18-19-33-20-21-34-22-23-35-24-25-36-27(29)26(2)28/h26,28H,3-25H2,1-2H3/t26-/m0/s1. The molecule has 216 valence electrons. The molecule has 9 nitrogen and oxygen atoms in total. The average molecular weight is 523 g/mol. The molecule has 0 heterocycles. The van der Waals surface area contributed by atoms with E-state index in [1.54, 1.807) is 0 Å². The largest absolute Gasteiger partial charge is 0.461 e. The fraction of sp³-hybridized carbons (Fsp3) is 0.963. The topological polar surface area (TPSA) is 102 Å². The Morgan fingerprint density at radius 2 is 0.806 bits per heavy atom. The van der Waals surface area contributed by atoms with Crippen molar-refractivity contribution in [2.75, 3.05) is 85.9 Å². The summed E-state index contributed by atoms with van der Waals surface area (Å²) in [6, 6.07) is 0. The lowest BCUT2D eigenvalue weighted by Gasteiger charge is -2.09. The molecule has 0 aliphatic carbocycles.